The fraction of sp³-hybridized carbons (Fsp3) is 0.111. The lowest BCUT2D eigenvalue weighted by molar-refractivity contribution is 0.229. The molecule has 1 rings (SSSR count). The van der Waals surface area contributed by atoms with Crippen LogP contribution in [-0.4, -0.2) is 5.11 Å². The third kappa shape index (κ3) is 2.18. The molecular formula is C9H7Cl3O. The van der Waals surface area contributed by atoms with Gasteiger partial charge < -0.3 is 5.11 Å². The monoisotopic (exact) mass is 236 g/mol. The van der Waals surface area contributed by atoms with Gasteiger partial charge in [-0.05, 0) is 12.1 Å². The molecular weight excluding hydrogens is 230 g/mol. The van der Waals surface area contributed by atoms with E-state index in [2.05, 4.69) is 6.58 Å². The van der Waals surface area contributed by atoms with Crippen molar-refractivity contribution in [1.29, 1.82) is 0 Å². The summed E-state index contributed by atoms with van der Waals surface area (Å²) in [7, 11) is 0. The van der Waals surface area contributed by atoms with Gasteiger partial charge in [0.2, 0.25) is 0 Å². The number of benzene rings is 1. The van der Waals surface area contributed by atoms with Crippen LogP contribution in [0, 0.1) is 0 Å². The molecule has 13 heavy (non-hydrogen) atoms. The van der Waals surface area contributed by atoms with Crippen LogP contribution in [0.25, 0.3) is 0 Å². The minimum Gasteiger partial charge on any atom is -0.384 e. The molecule has 0 aromatic heterocycles. The number of halogens is 3. The number of aliphatic hydroxyl groups is 1. The molecule has 0 spiro atoms. The van der Waals surface area contributed by atoms with Crippen molar-refractivity contribution in [2.24, 2.45) is 0 Å². The molecule has 1 nitrogen and oxygen atoms in total. The van der Waals surface area contributed by atoms with E-state index in [0.29, 0.717) is 15.6 Å². The molecule has 0 saturated heterocycles. The van der Waals surface area contributed by atoms with Gasteiger partial charge in [0.15, 0.2) is 0 Å². The second kappa shape index (κ2) is 4.34. The number of hydrogen-bond donors (Lipinski definition) is 1. The lowest BCUT2D eigenvalue weighted by atomic mass is 10.1. The lowest BCUT2D eigenvalue weighted by Crippen LogP contribution is -1.95. The Labute approximate surface area is 91.5 Å². The molecule has 1 aromatic rings. The molecule has 0 radical (unpaired) electrons. The first kappa shape index (κ1) is 10.9. The van der Waals surface area contributed by atoms with Crippen molar-refractivity contribution >= 4 is 34.8 Å². The van der Waals surface area contributed by atoms with E-state index in [9.17, 15) is 5.11 Å². The summed E-state index contributed by atoms with van der Waals surface area (Å²) in [5, 5.41) is 10.5. The van der Waals surface area contributed by atoms with Gasteiger partial charge in [-0.25, -0.2) is 0 Å². The van der Waals surface area contributed by atoms with Crippen molar-refractivity contribution in [2.75, 3.05) is 0 Å². The zero-order chi connectivity index (χ0) is 10.0. The molecule has 4 heteroatoms. The van der Waals surface area contributed by atoms with Crippen molar-refractivity contribution in [1.82, 2.24) is 0 Å². The fourth-order valence-corrected chi connectivity index (χ4v) is 1.69. The highest BCUT2D eigenvalue weighted by Crippen LogP contribution is 2.35. The topological polar surface area (TPSA) is 20.2 Å². The molecule has 0 fully saturated rings. The Hall–Kier alpha value is -0.210. The number of hydrogen-bond acceptors (Lipinski definition) is 1. The van der Waals surface area contributed by atoms with Gasteiger partial charge in [-0.2, -0.15) is 0 Å². The quantitative estimate of drug-likeness (QED) is 0.611. The van der Waals surface area contributed by atoms with E-state index in [1.165, 1.54) is 6.08 Å². The van der Waals surface area contributed by atoms with Crippen LogP contribution in [0.1, 0.15) is 11.7 Å². The maximum atomic E-state index is 9.47. The van der Waals surface area contributed by atoms with Crippen LogP contribution < -0.4 is 0 Å². The minimum absolute atomic E-state index is 0.265. The van der Waals surface area contributed by atoms with Gasteiger partial charge >= 0.3 is 0 Å². The van der Waals surface area contributed by atoms with Crippen LogP contribution in [0.3, 0.4) is 0 Å². The van der Waals surface area contributed by atoms with Gasteiger partial charge in [0.1, 0.15) is 0 Å². The van der Waals surface area contributed by atoms with Gasteiger partial charge in [0.05, 0.1) is 16.1 Å². The summed E-state index contributed by atoms with van der Waals surface area (Å²) >= 11 is 17.4. The highest BCUT2D eigenvalue weighted by Gasteiger charge is 2.14. The first-order valence-corrected chi connectivity index (χ1v) is 4.65. The van der Waals surface area contributed by atoms with Crippen LogP contribution in [0.4, 0.5) is 0 Å². The van der Waals surface area contributed by atoms with Crippen LogP contribution >= 0.6 is 34.8 Å². The van der Waals surface area contributed by atoms with Gasteiger partial charge in [0.25, 0.3) is 0 Å². The van der Waals surface area contributed by atoms with Crippen LogP contribution in [-0.2, 0) is 0 Å². The lowest BCUT2D eigenvalue weighted by Gasteiger charge is -2.11. The largest absolute Gasteiger partial charge is 0.384 e. The summed E-state index contributed by atoms with van der Waals surface area (Å²) in [6, 6.07) is 3.16. The highest BCUT2D eigenvalue weighted by atomic mass is 35.5. The molecule has 0 aliphatic heterocycles. The van der Waals surface area contributed by atoms with Crippen molar-refractivity contribution in [3.63, 3.8) is 0 Å². The first-order chi connectivity index (χ1) is 6.07. The standard InChI is InChI=1S/C9H7Cl3O/c1-2-7(13)8-5(10)3-4-6(11)9(8)12/h2-4,7,13H,1H2. The van der Waals surface area contributed by atoms with E-state index in [4.69, 9.17) is 34.8 Å². The molecule has 0 heterocycles. The van der Waals surface area contributed by atoms with E-state index in [0.717, 1.165) is 0 Å². The van der Waals surface area contributed by atoms with E-state index < -0.39 is 6.10 Å². The maximum absolute atomic E-state index is 9.47. The van der Waals surface area contributed by atoms with Crippen LogP contribution in [0.15, 0.2) is 24.8 Å². The zero-order valence-corrected chi connectivity index (χ0v) is 8.87. The normalized spacial score (nSPS) is 12.6. The van der Waals surface area contributed by atoms with E-state index in [1.54, 1.807) is 12.1 Å². The zero-order valence-electron chi connectivity index (χ0n) is 6.60. The highest BCUT2D eigenvalue weighted by molar-refractivity contribution is 6.44. The Morgan fingerprint density at radius 1 is 1.23 bits per heavy atom. The summed E-state index contributed by atoms with van der Waals surface area (Å²) < 4.78 is 0. The third-order valence-electron chi connectivity index (χ3n) is 1.60. The Balaban J connectivity index is 3.32. The molecule has 70 valence electrons. The number of aliphatic hydroxyl groups excluding tert-OH is 1. The smallest absolute Gasteiger partial charge is 0.0998 e. The SMILES string of the molecule is C=CC(O)c1c(Cl)ccc(Cl)c1Cl. The van der Waals surface area contributed by atoms with Crippen LogP contribution in [0.2, 0.25) is 15.1 Å². The average molecular weight is 238 g/mol. The summed E-state index contributed by atoms with van der Waals surface area (Å²) in [5.41, 5.74) is 0.394. The molecule has 0 amide bonds. The molecule has 0 aliphatic carbocycles. The van der Waals surface area contributed by atoms with Gasteiger partial charge in [0, 0.05) is 10.6 Å². The Bertz CT molecular complexity index is 336. The van der Waals surface area contributed by atoms with Crippen molar-refractivity contribution in [3.05, 3.63) is 45.4 Å². The Morgan fingerprint density at radius 3 is 2.31 bits per heavy atom. The predicted molar refractivity (Wildman–Crippen MR) is 56.6 cm³/mol. The van der Waals surface area contributed by atoms with Gasteiger partial charge in [-0.3, -0.25) is 0 Å². The van der Waals surface area contributed by atoms with Gasteiger partial charge in [-0.1, -0.05) is 40.9 Å². The first-order valence-electron chi connectivity index (χ1n) is 3.52. The van der Waals surface area contributed by atoms with Crippen LogP contribution in [0.5, 0.6) is 0 Å². The van der Waals surface area contributed by atoms with Crippen molar-refractivity contribution < 1.29 is 5.11 Å². The summed E-state index contributed by atoms with van der Waals surface area (Å²) in [6.07, 6.45) is 0.447. The minimum atomic E-state index is -0.890. The summed E-state index contributed by atoms with van der Waals surface area (Å²) in [4.78, 5) is 0. The van der Waals surface area contributed by atoms with Crippen molar-refractivity contribution in [3.8, 4) is 0 Å². The second-order valence-corrected chi connectivity index (χ2v) is 3.63. The molecule has 1 atom stereocenters. The average Bonchev–Trinajstić information content (AvgIpc) is 2.12. The molecule has 0 saturated carbocycles. The van der Waals surface area contributed by atoms with E-state index in [1.807, 2.05) is 0 Å². The second-order valence-electron chi connectivity index (χ2n) is 2.44. The molecule has 0 bridgehead atoms. The van der Waals surface area contributed by atoms with E-state index in [-0.39, 0.29) is 5.02 Å². The summed E-state index contributed by atoms with van der Waals surface area (Å²) in [5.74, 6) is 0. The fourth-order valence-electron chi connectivity index (χ4n) is 0.932. The molecule has 1 unspecified atom stereocenters. The third-order valence-corrected chi connectivity index (χ3v) is 2.75. The molecule has 1 aromatic carbocycles. The number of rotatable bonds is 2. The van der Waals surface area contributed by atoms with E-state index >= 15 is 0 Å². The summed E-state index contributed by atoms with van der Waals surface area (Å²) in [6.45, 7) is 3.44. The maximum Gasteiger partial charge on any atom is 0.0998 e. The molecule has 1 N–H and O–H groups in total. The Kier molecular flexibility index (Phi) is 3.63. The Morgan fingerprint density at radius 2 is 1.77 bits per heavy atom. The predicted octanol–water partition coefficient (Wildman–Crippen LogP) is 3.87. The molecule has 0 aliphatic rings. The van der Waals surface area contributed by atoms with Crippen molar-refractivity contribution in [2.45, 2.75) is 6.10 Å². The van der Waals surface area contributed by atoms with Gasteiger partial charge in [-0.15, -0.1) is 6.58 Å².